The third-order valence-corrected chi connectivity index (χ3v) is 3.43. The molecule has 0 saturated heterocycles. The molecule has 0 aliphatic heterocycles. The molecule has 0 aliphatic rings. The highest BCUT2D eigenvalue weighted by Crippen LogP contribution is 2.22. The summed E-state index contributed by atoms with van der Waals surface area (Å²) in [6.45, 7) is 0. The number of benzene rings is 2. The maximum Gasteiger partial charge on any atom is 0.168 e. The Morgan fingerprint density at radius 3 is 2.50 bits per heavy atom. The van der Waals surface area contributed by atoms with Crippen LogP contribution in [0.15, 0.2) is 46.9 Å². The number of ketones is 1. The molecule has 4 heteroatoms. The second-order valence-electron chi connectivity index (χ2n) is 3.85. The van der Waals surface area contributed by atoms with Crippen molar-refractivity contribution in [3.8, 4) is 0 Å². The fourth-order valence-corrected chi connectivity index (χ4v) is 2.23. The monoisotopic (exact) mass is 326 g/mol. The molecule has 0 unspecified atom stereocenters. The van der Waals surface area contributed by atoms with Gasteiger partial charge < -0.3 is 0 Å². The molecule has 2 aromatic carbocycles. The van der Waals surface area contributed by atoms with Gasteiger partial charge in [0.15, 0.2) is 5.78 Å². The minimum atomic E-state index is -0.310. The van der Waals surface area contributed by atoms with E-state index in [2.05, 4.69) is 15.9 Å². The quantitative estimate of drug-likeness (QED) is 0.749. The molecule has 2 rings (SSSR count). The Hall–Kier alpha value is -1.19. The number of rotatable bonds is 3. The van der Waals surface area contributed by atoms with Crippen molar-refractivity contribution in [1.82, 2.24) is 0 Å². The van der Waals surface area contributed by atoms with E-state index in [1.165, 1.54) is 12.1 Å². The minimum Gasteiger partial charge on any atom is -0.294 e. The lowest BCUT2D eigenvalue weighted by Crippen LogP contribution is -2.04. The van der Waals surface area contributed by atoms with Gasteiger partial charge >= 0.3 is 0 Å². The summed E-state index contributed by atoms with van der Waals surface area (Å²) in [6, 6.07) is 11.0. The molecule has 0 amide bonds. The Kier molecular flexibility index (Phi) is 4.15. The fraction of sp³-hybridized carbons (Fsp3) is 0.0714. The van der Waals surface area contributed by atoms with Gasteiger partial charge in [0, 0.05) is 21.5 Å². The summed E-state index contributed by atoms with van der Waals surface area (Å²) in [4.78, 5) is 12.1. The van der Waals surface area contributed by atoms with Crippen LogP contribution < -0.4 is 0 Å². The lowest BCUT2D eigenvalue weighted by molar-refractivity contribution is 0.0992. The van der Waals surface area contributed by atoms with Crippen LogP contribution >= 0.6 is 27.5 Å². The molecular formula is C14H9BrClFO. The van der Waals surface area contributed by atoms with Crippen LogP contribution in [-0.4, -0.2) is 5.78 Å². The van der Waals surface area contributed by atoms with E-state index >= 15 is 0 Å². The lowest BCUT2D eigenvalue weighted by Gasteiger charge is -2.04. The minimum absolute atomic E-state index is 0.0593. The van der Waals surface area contributed by atoms with E-state index in [1.807, 2.05) is 0 Å². The Bertz CT molecular complexity index is 581. The van der Waals surface area contributed by atoms with Crippen molar-refractivity contribution < 1.29 is 9.18 Å². The topological polar surface area (TPSA) is 17.1 Å². The summed E-state index contributed by atoms with van der Waals surface area (Å²) >= 11 is 9.18. The Morgan fingerprint density at radius 2 is 1.83 bits per heavy atom. The van der Waals surface area contributed by atoms with E-state index in [-0.39, 0.29) is 18.0 Å². The van der Waals surface area contributed by atoms with Crippen molar-refractivity contribution in [2.45, 2.75) is 6.42 Å². The molecule has 0 atom stereocenters. The second kappa shape index (κ2) is 5.63. The first-order valence-corrected chi connectivity index (χ1v) is 6.46. The molecule has 0 N–H and O–H groups in total. The number of carbonyl (C=O) groups is 1. The number of hydrogen-bond donors (Lipinski definition) is 0. The Morgan fingerprint density at radius 1 is 1.17 bits per heavy atom. The molecule has 0 fully saturated rings. The Balaban J connectivity index is 2.21. The summed E-state index contributed by atoms with van der Waals surface area (Å²) in [5, 5.41) is 0.514. The molecule has 2 aromatic rings. The zero-order valence-corrected chi connectivity index (χ0v) is 11.6. The molecule has 0 heterocycles. The van der Waals surface area contributed by atoms with Crippen molar-refractivity contribution in [3.05, 3.63) is 68.9 Å². The first-order chi connectivity index (χ1) is 8.56. The van der Waals surface area contributed by atoms with Gasteiger partial charge in [0.05, 0.1) is 0 Å². The van der Waals surface area contributed by atoms with Crippen molar-refractivity contribution >= 4 is 33.3 Å². The summed E-state index contributed by atoms with van der Waals surface area (Å²) in [5.41, 5.74) is 1.31. The summed E-state index contributed by atoms with van der Waals surface area (Å²) in [7, 11) is 0. The van der Waals surface area contributed by atoms with Crippen molar-refractivity contribution in [2.24, 2.45) is 0 Å². The van der Waals surface area contributed by atoms with E-state index in [1.54, 1.807) is 30.3 Å². The molecule has 0 aromatic heterocycles. The van der Waals surface area contributed by atoms with Gasteiger partial charge in [-0.25, -0.2) is 4.39 Å². The maximum absolute atomic E-state index is 12.8. The van der Waals surface area contributed by atoms with Crippen molar-refractivity contribution in [2.75, 3.05) is 0 Å². The normalized spacial score (nSPS) is 10.4. The van der Waals surface area contributed by atoms with Crippen LogP contribution in [-0.2, 0) is 6.42 Å². The highest BCUT2D eigenvalue weighted by molar-refractivity contribution is 9.10. The van der Waals surface area contributed by atoms with E-state index < -0.39 is 0 Å². The first-order valence-electron chi connectivity index (χ1n) is 5.29. The molecule has 1 nitrogen and oxygen atoms in total. The molecule has 0 bridgehead atoms. The van der Waals surface area contributed by atoms with Crippen LogP contribution in [0.5, 0.6) is 0 Å². The van der Waals surface area contributed by atoms with Crippen LogP contribution in [0, 0.1) is 5.82 Å². The van der Waals surface area contributed by atoms with Gasteiger partial charge in [-0.2, -0.15) is 0 Å². The summed E-state index contributed by atoms with van der Waals surface area (Å²) in [5.74, 6) is -0.369. The third kappa shape index (κ3) is 3.18. The van der Waals surface area contributed by atoms with Crippen LogP contribution in [0.2, 0.25) is 5.02 Å². The molecule has 18 heavy (non-hydrogen) atoms. The van der Waals surface area contributed by atoms with Crippen LogP contribution in [0.3, 0.4) is 0 Å². The second-order valence-corrected chi connectivity index (χ2v) is 5.14. The standard InChI is InChI=1S/C14H9BrClFO/c15-13-6-3-10(16)8-12(13)14(18)7-9-1-4-11(17)5-2-9/h1-6,8H,7H2. The number of hydrogen-bond acceptors (Lipinski definition) is 1. The van der Waals surface area contributed by atoms with Crippen LogP contribution in [0.1, 0.15) is 15.9 Å². The smallest absolute Gasteiger partial charge is 0.168 e. The molecule has 0 aliphatic carbocycles. The SMILES string of the molecule is O=C(Cc1ccc(F)cc1)c1cc(Cl)ccc1Br. The average Bonchev–Trinajstić information content (AvgIpc) is 2.35. The van der Waals surface area contributed by atoms with Crippen molar-refractivity contribution in [3.63, 3.8) is 0 Å². The zero-order chi connectivity index (χ0) is 13.1. The maximum atomic E-state index is 12.8. The average molecular weight is 328 g/mol. The first kappa shape index (κ1) is 13.2. The van der Waals surface area contributed by atoms with E-state index in [0.29, 0.717) is 15.1 Å². The van der Waals surface area contributed by atoms with E-state index in [4.69, 9.17) is 11.6 Å². The largest absolute Gasteiger partial charge is 0.294 e. The predicted molar refractivity (Wildman–Crippen MR) is 73.6 cm³/mol. The van der Waals surface area contributed by atoms with E-state index in [9.17, 15) is 9.18 Å². The highest BCUT2D eigenvalue weighted by Gasteiger charge is 2.11. The fourth-order valence-electron chi connectivity index (χ4n) is 1.59. The number of carbonyl (C=O) groups excluding carboxylic acids is 1. The summed E-state index contributed by atoms with van der Waals surface area (Å²) < 4.78 is 13.5. The molecule has 0 spiro atoms. The van der Waals surface area contributed by atoms with Crippen LogP contribution in [0.25, 0.3) is 0 Å². The highest BCUT2D eigenvalue weighted by atomic mass is 79.9. The van der Waals surface area contributed by atoms with Gasteiger partial charge in [-0.15, -0.1) is 0 Å². The van der Waals surface area contributed by atoms with Gasteiger partial charge in [-0.3, -0.25) is 4.79 Å². The number of Topliss-reactive ketones (excluding diaryl/α,β-unsaturated/α-hetero) is 1. The number of halogens is 3. The van der Waals surface area contributed by atoms with Gasteiger partial charge in [-0.1, -0.05) is 39.7 Å². The third-order valence-electron chi connectivity index (χ3n) is 2.51. The van der Waals surface area contributed by atoms with Crippen LogP contribution in [0.4, 0.5) is 4.39 Å². The molecular weight excluding hydrogens is 319 g/mol. The van der Waals surface area contributed by atoms with Crippen molar-refractivity contribution in [1.29, 1.82) is 0 Å². The lowest BCUT2D eigenvalue weighted by atomic mass is 10.0. The molecule has 92 valence electrons. The predicted octanol–water partition coefficient (Wildman–Crippen LogP) is 4.67. The van der Waals surface area contributed by atoms with Gasteiger partial charge in [0.1, 0.15) is 5.82 Å². The summed E-state index contributed by atoms with van der Waals surface area (Å²) in [6.07, 6.45) is 0.221. The van der Waals surface area contributed by atoms with Gasteiger partial charge in [0.25, 0.3) is 0 Å². The van der Waals surface area contributed by atoms with E-state index in [0.717, 1.165) is 5.56 Å². The van der Waals surface area contributed by atoms with Gasteiger partial charge in [0.2, 0.25) is 0 Å². The molecule has 0 radical (unpaired) electrons. The zero-order valence-electron chi connectivity index (χ0n) is 9.29. The molecule has 0 saturated carbocycles. The van der Waals surface area contributed by atoms with Gasteiger partial charge in [-0.05, 0) is 35.9 Å². The Labute approximate surface area is 118 Å².